The third-order valence-corrected chi connectivity index (χ3v) is 7.41. The Morgan fingerprint density at radius 1 is 1.00 bits per heavy atom. The maximum Gasteiger partial charge on any atom is 0.275 e. The highest BCUT2D eigenvalue weighted by Gasteiger charge is 2.52. The maximum atomic E-state index is 14.1. The molecular formula is C31H42Cl2N2O2. The average Bonchev–Trinajstić information content (AvgIpc) is 3.13. The molecule has 4 rings (SSSR count). The van der Waals surface area contributed by atoms with Crippen LogP contribution in [0.2, 0.25) is 10.0 Å². The van der Waals surface area contributed by atoms with Gasteiger partial charge in [-0.15, -0.1) is 0 Å². The number of aliphatic imine (C=N–C) groups is 1. The molecular weight excluding hydrogens is 503 g/mol. The Kier molecular flexibility index (Phi) is 11.0. The van der Waals surface area contributed by atoms with E-state index in [0.717, 1.165) is 44.1 Å². The highest BCUT2D eigenvalue weighted by molar-refractivity contribution is 6.47. The van der Waals surface area contributed by atoms with Crippen LogP contribution in [-0.2, 0) is 9.53 Å². The summed E-state index contributed by atoms with van der Waals surface area (Å²) in [5.74, 6) is 0.506. The van der Waals surface area contributed by atoms with Gasteiger partial charge in [0, 0.05) is 22.2 Å². The van der Waals surface area contributed by atoms with Crippen molar-refractivity contribution < 1.29 is 9.53 Å². The molecule has 1 atom stereocenters. The molecule has 1 fully saturated rings. The number of rotatable bonds is 8. The Hall–Kier alpha value is -1.88. The van der Waals surface area contributed by atoms with Crippen molar-refractivity contribution >= 4 is 34.8 Å². The first-order chi connectivity index (χ1) is 17.7. The minimum absolute atomic E-state index is 0.0363. The quantitative estimate of drug-likeness (QED) is 0.332. The number of nitrogens with zero attached hydrogens (tertiary/aromatic N) is 2. The summed E-state index contributed by atoms with van der Waals surface area (Å²) >= 11 is 12.6. The largest absolute Gasteiger partial charge is 0.379 e. The second-order valence-corrected chi connectivity index (χ2v) is 11.4. The third-order valence-electron chi connectivity index (χ3n) is 6.97. The van der Waals surface area contributed by atoms with Crippen molar-refractivity contribution in [2.24, 2.45) is 10.9 Å². The molecule has 0 bridgehead atoms. The maximum absolute atomic E-state index is 14.1. The number of hydrogen-bond donors (Lipinski definition) is 0. The Morgan fingerprint density at radius 2 is 1.59 bits per heavy atom. The van der Waals surface area contributed by atoms with Crippen molar-refractivity contribution in [1.82, 2.24) is 4.90 Å². The van der Waals surface area contributed by atoms with E-state index in [2.05, 4.69) is 56.9 Å². The molecule has 4 nitrogen and oxygen atoms in total. The summed E-state index contributed by atoms with van der Waals surface area (Å²) < 4.78 is 5.93. The lowest BCUT2D eigenvalue weighted by Crippen LogP contribution is -2.51. The topological polar surface area (TPSA) is 41.9 Å². The van der Waals surface area contributed by atoms with E-state index in [-0.39, 0.29) is 18.1 Å². The minimum Gasteiger partial charge on any atom is -0.379 e. The summed E-state index contributed by atoms with van der Waals surface area (Å²) in [6.45, 7) is 11.4. The molecule has 1 aliphatic heterocycles. The van der Waals surface area contributed by atoms with Gasteiger partial charge in [0.15, 0.2) is 0 Å². The van der Waals surface area contributed by atoms with E-state index in [1.54, 1.807) is 18.2 Å². The fraction of sp³-hybridized carbons (Fsp3) is 0.548. The third kappa shape index (κ3) is 7.37. The highest BCUT2D eigenvalue weighted by atomic mass is 35.5. The fourth-order valence-electron chi connectivity index (χ4n) is 5.34. The van der Waals surface area contributed by atoms with Crippen LogP contribution in [-0.4, -0.2) is 34.9 Å². The zero-order valence-electron chi connectivity index (χ0n) is 23.0. The van der Waals surface area contributed by atoms with Gasteiger partial charge >= 0.3 is 0 Å². The molecule has 2 aromatic rings. The average molecular weight is 546 g/mol. The van der Waals surface area contributed by atoms with Gasteiger partial charge in [0.05, 0.1) is 12.1 Å². The fourth-order valence-corrected chi connectivity index (χ4v) is 5.87. The van der Waals surface area contributed by atoms with E-state index < -0.39 is 5.66 Å². The van der Waals surface area contributed by atoms with Gasteiger partial charge in [-0.05, 0) is 75.1 Å². The Bertz CT molecular complexity index is 1030. The molecule has 0 saturated heterocycles. The van der Waals surface area contributed by atoms with Crippen molar-refractivity contribution in [2.45, 2.75) is 97.4 Å². The van der Waals surface area contributed by atoms with Crippen molar-refractivity contribution in [3.8, 4) is 0 Å². The van der Waals surface area contributed by atoms with Crippen LogP contribution in [0.3, 0.4) is 0 Å². The molecule has 1 aliphatic carbocycles. The Morgan fingerprint density at radius 3 is 2.14 bits per heavy atom. The predicted octanol–water partition coefficient (Wildman–Crippen LogP) is 8.89. The first-order valence-electron chi connectivity index (χ1n) is 13.8. The van der Waals surface area contributed by atoms with E-state index in [0.29, 0.717) is 33.8 Å². The zero-order valence-corrected chi connectivity index (χ0v) is 24.5. The molecule has 0 radical (unpaired) electrons. The number of ether oxygens (including phenoxy) is 1. The zero-order chi connectivity index (χ0) is 27.0. The van der Waals surface area contributed by atoms with Gasteiger partial charge in [-0.25, -0.2) is 0 Å². The molecule has 0 N–H and O–H groups in total. The van der Waals surface area contributed by atoms with E-state index in [1.807, 2.05) is 13.0 Å². The minimum atomic E-state index is -0.577. The van der Waals surface area contributed by atoms with E-state index in [9.17, 15) is 4.79 Å². The molecule has 1 amide bonds. The monoisotopic (exact) mass is 544 g/mol. The number of benzene rings is 2. The lowest BCUT2D eigenvalue weighted by atomic mass is 9.84. The molecule has 0 aromatic heterocycles. The standard InChI is InChI=1S/C28H34Cl2N2O2.C3H8/c1-4-34-24-12-14-28(15-13-24)31-26(21-16-22(29)18-23(30)17-21)27(33)32(28)25(11-10-19(2)3)20-8-6-5-7-9-20;1-3-2/h5-9,16-19,24-25H,4,10-15H2,1-3H3;3H2,1-2H3. The summed E-state index contributed by atoms with van der Waals surface area (Å²) in [6.07, 6.45) is 6.73. The van der Waals surface area contributed by atoms with Gasteiger partial charge in [-0.1, -0.05) is 87.6 Å². The number of halogens is 2. The molecule has 2 aliphatic rings. The summed E-state index contributed by atoms with van der Waals surface area (Å²) in [6, 6.07) is 15.6. The second-order valence-electron chi connectivity index (χ2n) is 10.5. The summed E-state index contributed by atoms with van der Waals surface area (Å²) in [7, 11) is 0. The van der Waals surface area contributed by atoms with E-state index in [4.69, 9.17) is 32.9 Å². The summed E-state index contributed by atoms with van der Waals surface area (Å²) in [4.78, 5) is 21.4. The molecule has 1 spiro atoms. The van der Waals surface area contributed by atoms with E-state index in [1.165, 1.54) is 6.42 Å². The lowest BCUT2D eigenvalue weighted by Gasteiger charge is -2.45. The van der Waals surface area contributed by atoms with Crippen LogP contribution in [0, 0.1) is 5.92 Å². The predicted molar refractivity (Wildman–Crippen MR) is 156 cm³/mol. The van der Waals surface area contributed by atoms with Gasteiger partial charge in [0.1, 0.15) is 11.4 Å². The van der Waals surface area contributed by atoms with Gasteiger partial charge in [0.25, 0.3) is 5.91 Å². The molecule has 1 unspecified atom stereocenters. The Balaban J connectivity index is 0.00000121. The van der Waals surface area contributed by atoms with Gasteiger partial charge < -0.3 is 9.64 Å². The summed E-state index contributed by atoms with van der Waals surface area (Å²) in [5, 5.41) is 1.01. The molecule has 1 saturated carbocycles. The lowest BCUT2D eigenvalue weighted by molar-refractivity contribution is -0.134. The molecule has 202 valence electrons. The number of hydrogen-bond acceptors (Lipinski definition) is 3. The molecule has 2 aromatic carbocycles. The number of carbonyl (C=O) groups excluding carboxylic acids is 1. The van der Waals surface area contributed by atoms with Crippen LogP contribution in [0.5, 0.6) is 0 Å². The highest BCUT2D eigenvalue weighted by Crippen LogP contribution is 2.46. The van der Waals surface area contributed by atoms with Gasteiger partial charge in [-0.3, -0.25) is 9.79 Å². The van der Waals surface area contributed by atoms with Crippen molar-refractivity contribution in [3.63, 3.8) is 0 Å². The number of carbonyl (C=O) groups is 1. The second kappa shape index (κ2) is 13.8. The SMILES string of the molecule is CCC.CCOC1CCC2(CC1)N=C(c1cc(Cl)cc(Cl)c1)C(=O)N2C(CCC(C)C)c1ccccc1. The van der Waals surface area contributed by atoms with Crippen molar-refractivity contribution in [3.05, 3.63) is 69.7 Å². The molecule has 6 heteroatoms. The van der Waals surface area contributed by atoms with Crippen LogP contribution < -0.4 is 0 Å². The van der Waals surface area contributed by atoms with Crippen molar-refractivity contribution in [2.75, 3.05) is 6.61 Å². The van der Waals surface area contributed by atoms with Crippen LogP contribution in [0.4, 0.5) is 0 Å². The van der Waals surface area contributed by atoms with Crippen LogP contribution in [0.1, 0.15) is 96.7 Å². The molecule has 1 heterocycles. The smallest absolute Gasteiger partial charge is 0.275 e. The van der Waals surface area contributed by atoms with Crippen LogP contribution in [0.15, 0.2) is 53.5 Å². The van der Waals surface area contributed by atoms with Crippen LogP contribution in [0.25, 0.3) is 0 Å². The Labute approximate surface area is 233 Å². The normalized spacial score (nSPS) is 22.2. The van der Waals surface area contributed by atoms with Gasteiger partial charge in [-0.2, -0.15) is 0 Å². The van der Waals surface area contributed by atoms with Crippen LogP contribution >= 0.6 is 23.2 Å². The number of amides is 1. The molecule has 37 heavy (non-hydrogen) atoms. The van der Waals surface area contributed by atoms with Crippen molar-refractivity contribution in [1.29, 1.82) is 0 Å². The summed E-state index contributed by atoms with van der Waals surface area (Å²) in [5.41, 5.74) is 1.73. The van der Waals surface area contributed by atoms with Gasteiger partial charge in [0.2, 0.25) is 0 Å². The first-order valence-corrected chi connectivity index (χ1v) is 14.6. The first kappa shape index (κ1) is 29.7. The van der Waals surface area contributed by atoms with E-state index >= 15 is 0 Å².